The normalized spacial score (nSPS) is 17.4. The molecule has 2 aliphatic rings. The van der Waals surface area contributed by atoms with E-state index >= 15 is 0 Å². The van der Waals surface area contributed by atoms with Crippen LogP contribution in [0.3, 0.4) is 0 Å². The molecule has 2 aliphatic heterocycles. The summed E-state index contributed by atoms with van der Waals surface area (Å²) in [5, 5.41) is 3.07. The minimum atomic E-state index is -1.48. The molecular formula is C30H30N6O4. The number of imidazole rings is 1. The van der Waals surface area contributed by atoms with Gasteiger partial charge < -0.3 is 19.4 Å². The second kappa shape index (κ2) is 8.90. The van der Waals surface area contributed by atoms with E-state index in [9.17, 15) is 9.59 Å². The Bertz CT molecular complexity index is 1730. The smallest absolute Gasteiger partial charge is 0.319 e. The Kier molecular flexibility index (Phi) is 5.69. The molecule has 1 N–H and O–H groups in total. The van der Waals surface area contributed by atoms with Crippen LogP contribution in [0.25, 0.3) is 11.4 Å². The average Bonchev–Trinajstić information content (AvgIpc) is 3.53. The van der Waals surface area contributed by atoms with E-state index in [1.165, 1.54) is 14.2 Å². The molecule has 2 aromatic carbocycles. The molecule has 10 nitrogen and oxygen atoms in total. The Hall–Kier alpha value is -4.73. The van der Waals surface area contributed by atoms with Gasteiger partial charge in [0.05, 0.1) is 25.5 Å². The minimum absolute atomic E-state index is 0.142. The molecule has 4 aromatic rings. The molecule has 0 aliphatic carbocycles. The number of nitrogens with one attached hydrogen (secondary N) is 1. The molecule has 1 spiro atoms. The maximum absolute atomic E-state index is 14.4. The first-order valence-electron chi connectivity index (χ1n) is 13.1. The Morgan fingerprint density at radius 1 is 0.950 bits per heavy atom. The van der Waals surface area contributed by atoms with Crippen molar-refractivity contribution in [3.05, 3.63) is 76.2 Å². The summed E-state index contributed by atoms with van der Waals surface area (Å²) in [5.74, 6) is -0.00207. The number of carbonyl (C=O) groups is 2. The van der Waals surface area contributed by atoms with Crippen LogP contribution in [0.15, 0.2) is 42.6 Å². The number of aromatic nitrogens is 4. The molecule has 0 fully saturated rings. The van der Waals surface area contributed by atoms with Crippen molar-refractivity contribution in [3.63, 3.8) is 0 Å². The van der Waals surface area contributed by atoms with Crippen LogP contribution in [-0.4, -0.2) is 45.6 Å². The maximum atomic E-state index is 14.4. The number of anilines is 2. The Morgan fingerprint density at radius 3 is 2.40 bits per heavy atom. The van der Waals surface area contributed by atoms with Crippen molar-refractivity contribution in [3.8, 4) is 23.3 Å². The van der Waals surface area contributed by atoms with Crippen LogP contribution < -0.4 is 19.7 Å². The summed E-state index contributed by atoms with van der Waals surface area (Å²) in [7, 11) is 2.97. The van der Waals surface area contributed by atoms with Crippen molar-refractivity contribution in [1.82, 2.24) is 19.5 Å². The zero-order valence-electron chi connectivity index (χ0n) is 23.5. The quantitative estimate of drug-likeness (QED) is 0.391. The summed E-state index contributed by atoms with van der Waals surface area (Å²) in [4.78, 5) is 43.8. The molecule has 0 saturated heterocycles. The van der Waals surface area contributed by atoms with Crippen LogP contribution in [0.1, 0.15) is 58.3 Å². The molecule has 1 atom stereocenters. The predicted octanol–water partition coefficient (Wildman–Crippen LogP) is 4.72. The van der Waals surface area contributed by atoms with Crippen molar-refractivity contribution in [2.75, 3.05) is 24.4 Å². The van der Waals surface area contributed by atoms with Gasteiger partial charge in [0.2, 0.25) is 5.88 Å². The fourth-order valence-electron chi connectivity index (χ4n) is 5.79. The highest BCUT2D eigenvalue weighted by molar-refractivity contribution is 6.23. The number of hydrogen-bond acceptors (Lipinski definition) is 7. The van der Waals surface area contributed by atoms with Gasteiger partial charge in [-0.2, -0.15) is 4.98 Å². The van der Waals surface area contributed by atoms with Gasteiger partial charge in [0.15, 0.2) is 11.2 Å². The Morgan fingerprint density at radius 2 is 1.73 bits per heavy atom. The van der Waals surface area contributed by atoms with Crippen LogP contribution in [-0.2, 0) is 10.3 Å². The Labute approximate surface area is 232 Å². The summed E-state index contributed by atoms with van der Waals surface area (Å²) in [5.41, 5.74) is 4.79. The van der Waals surface area contributed by atoms with Crippen molar-refractivity contribution in [2.24, 2.45) is 0 Å². The molecule has 40 heavy (non-hydrogen) atoms. The Balaban J connectivity index is 1.71. The number of fused-ring (bicyclic) bond motifs is 4. The lowest BCUT2D eigenvalue weighted by Crippen LogP contribution is -2.51. The van der Waals surface area contributed by atoms with Gasteiger partial charge >= 0.3 is 6.01 Å². The van der Waals surface area contributed by atoms with Gasteiger partial charge in [-0.25, -0.2) is 9.97 Å². The fourth-order valence-corrected chi connectivity index (χ4v) is 5.79. The van der Waals surface area contributed by atoms with E-state index < -0.39 is 5.54 Å². The summed E-state index contributed by atoms with van der Waals surface area (Å²) < 4.78 is 12.7. The summed E-state index contributed by atoms with van der Waals surface area (Å²) in [6, 6.07) is 11.6. The molecule has 10 heteroatoms. The summed E-state index contributed by atoms with van der Waals surface area (Å²) in [6.45, 7) is 9.95. The second-order valence-electron chi connectivity index (χ2n) is 10.5. The van der Waals surface area contributed by atoms with Crippen molar-refractivity contribution < 1.29 is 19.1 Å². The molecule has 0 radical (unpaired) electrons. The molecule has 2 aromatic heterocycles. The number of methoxy groups -OCH3 is 2. The van der Waals surface area contributed by atoms with Crippen molar-refractivity contribution in [2.45, 2.75) is 46.2 Å². The van der Waals surface area contributed by atoms with E-state index in [0.29, 0.717) is 34.0 Å². The highest BCUT2D eigenvalue weighted by Crippen LogP contribution is 2.54. The van der Waals surface area contributed by atoms with Crippen molar-refractivity contribution >= 4 is 23.2 Å². The number of nitrogens with zero attached hydrogens (tertiary/aromatic N) is 5. The molecule has 0 saturated carbocycles. The number of carbonyl (C=O) groups excluding carboxylic acids is 2. The van der Waals surface area contributed by atoms with Crippen LogP contribution in [0, 0.1) is 20.8 Å². The highest BCUT2D eigenvalue weighted by atomic mass is 16.5. The average molecular weight is 539 g/mol. The second-order valence-corrected chi connectivity index (χ2v) is 10.5. The molecule has 0 bridgehead atoms. The van der Waals surface area contributed by atoms with Gasteiger partial charge in [-0.15, -0.1) is 0 Å². The molecule has 2 amide bonds. The first kappa shape index (κ1) is 25.5. The van der Waals surface area contributed by atoms with Gasteiger partial charge in [-0.3, -0.25) is 14.5 Å². The van der Waals surface area contributed by atoms with E-state index in [-0.39, 0.29) is 35.4 Å². The number of ether oxygens (including phenoxy) is 2. The third-order valence-corrected chi connectivity index (χ3v) is 7.75. The van der Waals surface area contributed by atoms with Gasteiger partial charge in [-0.05, 0) is 69.5 Å². The lowest BCUT2D eigenvalue weighted by molar-refractivity contribution is -0.119. The first-order valence-corrected chi connectivity index (χ1v) is 13.1. The van der Waals surface area contributed by atoms with Gasteiger partial charge in [0.25, 0.3) is 11.8 Å². The molecule has 1 unspecified atom stereocenters. The van der Waals surface area contributed by atoms with Crippen LogP contribution >= 0.6 is 0 Å². The number of amides is 2. The molecule has 6 rings (SSSR count). The molecule has 4 heterocycles. The zero-order valence-corrected chi connectivity index (χ0v) is 23.5. The summed E-state index contributed by atoms with van der Waals surface area (Å²) in [6.07, 6.45) is 1.56. The van der Waals surface area contributed by atoms with E-state index in [0.717, 1.165) is 16.7 Å². The molecular weight excluding hydrogens is 508 g/mol. The summed E-state index contributed by atoms with van der Waals surface area (Å²) >= 11 is 0. The van der Waals surface area contributed by atoms with E-state index in [1.54, 1.807) is 11.1 Å². The van der Waals surface area contributed by atoms with Crippen LogP contribution in [0.2, 0.25) is 0 Å². The van der Waals surface area contributed by atoms with E-state index in [4.69, 9.17) is 14.5 Å². The highest BCUT2D eigenvalue weighted by Gasteiger charge is 2.64. The van der Waals surface area contributed by atoms with Gasteiger partial charge in [0.1, 0.15) is 5.82 Å². The number of benzene rings is 2. The lowest BCUT2D eigenvalue weighted by Gasteiger charge is -2.36. The first-order chi connectivity index (χ1) is 19.1. The minimum Gasteiger partial charge on any atom is -0.480 e. The van der Waals surface area contributed by atoms with Crippen LogP contribution in [0.4, 0.5) is 11.4 Å². The SMILES string of the molecule is COc1ncc(-c2nc3c(n2C(C)C)C2(C(=O)Nc4cc(C)ccc42)N(c2ccc(C)c(C)c2)C3=O)c(OC)n1. The van der Waals surface area contributed by atoms with Crippen molar-refractivity contribution in [1.29, 1.82) is 0 Å². The van der Waals surface area contributed by atoms with E-state index in [1.807, 2.05) is 75.6 Å². The third kappa shape index (κ3) is 3.31. The maximum Gasteiger partial charge on any atom is 0.319 e. The van der Waals surface area contributed by atoms with E-state index in [2.05, 4.69) is 15.3 Å². The monoisotopic (exact) mass is 538 g/mol. The largest absolute Gasteiger partial charge is 0.480 e. The third-order valence-electron chi connectivity index (χ3n) is 7.75. The van der Waals surface area contributed by atoms with Crippen LogP contribution in [0.5, 0.6) is 11.9 Å². The number of hydrogen-bond donors (Lipinski definition) is 1. The number of rotatable bonds is 5. The van der Waals surface area contributed by atoms with Gasteiger partial charge in [0, 0.05) is 29.2 Å². The number of aryl methyl sites for hydroxylation is 3. The predicted molar refractivity (Wildman–Crippen MR) is 150 cm³/mol. The van der Waals surface area contributed by atoms with Gasteiger partial charge in [-0.1, -0.05) is 18.2 Å². The molecule has 204 valence electrons. The standard InChI is InChI=1S/C30H30N6O4/c1-15(2)35-24-23(33-25(35)20-14-31-29(40-7)34-26(20)39-6)27(37)36(19-10-9-17(4)18(5)13-19)30(24)21-11-8-16(3)12-22(21)32-28(30)38/h8-15H,1-7H3,(H,32,38). The fraction of sp³-hybridized carbons (Fsp3) is 0.300. The lowest BCUT2D eigenvalue weighted by atomic mass is 9.86. The zero-order chi connectivity index (χ0) is 28.5. The topological polar surface area (TPSA) is 111 Å².